The van der Waals surface area contributed by atoms with Crippen LogP contribution < -0.4 is 9.62 Å². The molecule has 162 valence electrons. The summed E-state index contributed by atoms with van der Waals surface area (Å²) in [4.78, 5) is 12.9. The van der Waals surface area contributed by atoms with Gasteiger partial charge in [0.05, 0.1) is 10.6 Å². The number of amides is 1. The molecule has 0 aromatic heterocycles. The summed E-state index contributed by atoms with van der Waals surface area (Å²) in [6.45, 7) is 3.80. The fourth-order valence-corrected chi connectivity index (χ4v) is 4.91. The Balaban J connectivity index is 1.85. The van der Waals surface area contributed by atoms with Gasteiger partial charge in [-0.1, -0.05) is 73.1 Å². The van der Waals surface area contributed by atoms with E-state index < -0.39 is 10.0 Å². The normalized spacial score (nSPS) is 12.2. The second-order valence-electron chi connectivity index (χ2n) is 7.32. The van der Waals surface area contributed by atoms with Gasteiger partial charge in [0.1, 0.15) is 6.54 Å². The van der Waals surface area contributed by atoms with Crippen molar-refractivity contribution in [2.24, 2.45) is 0 Å². The Morgan fingerprint density at radius 2 is 1.58 bits per heavy atom. The fraction of sp³-hybridized carbons (Fsp3) is 0.208. The van der Waals surface area contributed by atoms with E-state index in [1.165, 1.54) is 12.1 Å². The van der Waals surface area contributed by atoms with E-state index in [9.17, 15) is 13.2 Å². The Bertz CT molecular complexity index is 1140. The third-order valence-electron chi connectivity index (χ3n) is 5.10. The molecule has 3 aromatic rings. The number of anilines is 1. The van der Waals surface area contributed by atoms with Gasteiger partial charge < -0.3 is 5.32 Å². The van der Waals surface area contributed by atoms with Gasteiger partial charge in [0.25, 0.3) is 10.0 Å². The quantitative estimate of drug-likeness (QED) is 0.531. The lowest BCUT2D eigenvalue weighted by Crippen LogP contribution is -2.42. The average molecular weight is 457 g/mol. The first-order valence-electron chi connectivity index (χ1n) is 9.95. The smallest absolute Gasteiger partial charge is 0.264 e. The Morgan fingerprint density at radius 1 is 0.968 bits per heavy atom. The highest BCUT2D eigenvalue weighted by Gasteiger charge is 2.28. The molecule has 3 rings (SSSR count). The molecule has 0 aliphatic heterocycles. The minimum atomic E-state index is -3.97. The van der Waals surface area contributed by atoms with Crippen LogP contribution in [0.25, 0.3) is 0 Å². The maximum Gasteiger partial charge on any atom is 0.264 e. The van der Waals surface area contributed by atoms with E-state index >= 15 is 0 Å². The van der Waals surface area contributed by atoms with Crippen molar-refractivity contribution in [2.75, 3.05) is 17.4 Å². The van der Waals surface area contributed by atoms with Crippen LogP contribution in [0.3, 0.4) is 0 Å². The standard InChI is InChI=1S/C24H25ClN2O3S/c1-18(20-10-5-3-6-11-20)16-26-24(28)17-27(23-15-9-14-22(25)19(23)2)31(29,30)21-12-7-4-8-13-21/h3-15,18H,16-17H2,1-2H3,(H,26,28)/t18-/m0/s1. The van der Waals surface area contributed by atoms with Crippen molar-refractivity contribution in [3.05, 3.63) is 95.0 Å². The molecule has 0 fully saturated rings. The number of benzene rings is 3. The van der Waals surface area contributed by atoms with E-state index in [0.717, 1.165) is 9.87 Å². The highest BCUT2D eigenvalue weighted by atomic mass is 35.5. The molecule has 31 heavy (non-hydrogen) atoms. The van der Waals surface area contributed by atoms with Gasteiger partial charge in [0.2, 0.25) is 5.91 Å². The van der Waals surface area contributed by atoms with Gasteiger partial charge >= 0.3 is 0 Å². The lowest BCUT2D eigenvalue weighted by atomic mass is 10.0. The molecule has 1 amide bonds. The topological polar surface area (TPSA) is 66.5 Å². The molecule has 5 nitrogen and oxygen atoms in total. The van der Waals surface area contributed by atoms with Crippen molar-refractivity contribution in [3.8, 4) is 0 Å². The van der Waals surface area contributed by atoms with Crippen LogP contribution in [0.15, 0.2) is 83.8 Å². The zero-order chi connectivity index (χ0) is 22.4. The lowest BCUT2D eigenvalue weighted by molar-refractivity contribution is -0.119. The van der Waals surface area contributed by atoms with Crippen molar-refractivity contribution in [3.63, 3.8) is 0 Å². The average Bonchev–Trinajstić information content (AvgIpc) is 2.79. The Morgan fingerprint density at radius 3 is 2.23 bits per heavy atom. The summed E-state index contributed by atoms with van der Waals surface area (Å²) < 4.78 is 27.9. The first kappa shape index (κ1) is 22.8. The van der Waals surface area contributed by atoms with Gasteiger partial charge in [-0.2, -0.15) is 0 Å². The molecular formula is C24H25ClN2O3S. The van der Waals surface area contributed by atoms with Crippen molar-refractivity contribution in [2.45, 2.75) is 24.7 Å². The minimum Gasteiger partial charge on any atom is -0.354 e. The molecule has 1 N–H and O–H groups in total. The van der Waals surface area contributed by atoms with Crippen molar-refractivity contribution in [1.82, 2.24) is 5.32 Å². The molecule has 0 saturated carbocycles. The number of hydrogen-bond donors (Lipinski definition) is 1. The number of carbonyl (C=O) groups excluding carboxylic acids is 1. The molecule has 0 heterocycles. The molecule has 0 saturated heterocycles. The highest BCUT2D eigenvalue weighted by Crippen LogP contribution is 2.30. The second kappa shape index (κ2) is 9.98. The molecular weight excluding hydrogens is 432 g/mol. The Labute approximate surface area is 188 Å². The molecule has 0 aliphatic rings. The highest BCUT2D eigenvalue weighted by molar-refractivity contribution is 7.92. The number of hydrogen-bond acceptors (Lipinski definition) is 3. The molecule has 1 atom stereocenters. The van der Waals surface area contributed by atoms with Crippen molar-refractivity contribution >= 4 is 33.2 Å². The van der Waals surface area contributed by atoms with Gasteiger partial charge in [0, 0.05) is 11.6 Å². The van der Waals surface area contributed by atoms with Crippen LogP contribution in [0.1, 0.15) is 24.0 Å². The molecule has 3 aromatic carbocycles. The molecule has 0 radical (unpaired) electrons. The third kappa shape index (κ3) is 5.46. The summed E-state index contributed by atoms with van der Waals surface area (Å²) in [5, 5.41) is 3.29. The largest absolute Gasteiger partial charge is 0.354 e. The molecule has 7 heteroatoms. The van der Waals surface area contributed by atoms with Gasteiger partial charge in [-0.15, -0.1) is 0 Å². The maximum atomic E-state index is 13.4. The summed E-state index contributed by atoms with van der Waals surface area (Å²) in [6, 6.07) is 22.9. The van der Waals surface area contributed by atoms with E-state index in [4.69, 9.17) is 11.6 Å². The summed E-state index contributed by atoms with van der Waals surface area (Å²) in [7, 11) is -3.97. The van der Waals surface area contributed by atoms with E-state index in [1.54, 1.807) is 43.3 Å². The maximum absolute atomic E-state index is 13.4. The minimum absolute atomic E-state index is 0.0947. The molecule has 0 aliphatic carbocycles. The van der Waals surface area contributed by atoms with Gasteiger partial charge in [-0.3, -0.25) is 9.10 Å². The first-order chi connectivity index (χ1) is 14.8. The van der Waals surface area contributed by atoms with E-state index in [-0.39, 0.29) is 23.3 Å². The number of sulfonamides is 1. The summed E-state index contributed by atoms with van der Waals surface area (Å²) in [5.41, 5.74) is 2.07. The number of nitrogens with zero attached hydrogens (tertiary/aromatic N) is 1. The monoisotopic (exact) mass is 456 g/mol. The van der Waals surface area contributed by atoms with Crippen LogP contribution in [0.2, 0.25) is 5.02 Å². The molecule has 0 unspecified atom stereocenters. The fourth-order valence-electron chi connectivity index (χ4n) is 3.24. The van der Waals surface area contributed by atoms with Gasteiger partial charge in [-0.25, -0.2) is 8.42 Å². The zero-order valence-electron chi connectivity index (χ0n) is 17.5. The van der Waals surface area contributed by atoms with Crippen LogP contribution in [-0.4, -0.2) is 27.4 Å². The van der Waals surface area contributed by atoms with E-state index in [0.29, 0.717) is 22.8 Å². The van der Waals surface area contributed by atoms with E-state index in [1.807, 2.05) is 37.3 Å². The Hall–Kier alpha value is -2.83. The third-order valence-corrected chi connectivity index (χ3v) is 7.28. The Kier molecular flexibility index (Phi) is 7.36. The number of carbonyl (C=O) groups is 1. The van der Waals surface area contributed by atoms with Crippen LogP contribution in [0, 0.1) is 6.92 Å². The van der Waals surface area contributed by atoms with E-state index in [2.05, 4.69) is 5.32 Å². The summed E-state index contributed by atoms with van der Waals surface area (Å²) in [6.07, 6.45) is 0. The van der Waals surface area contributed by atoms with Crippen LogP contribution >= 0.6 is 11.6 Å². The van der Waals surface area contributed by atoms with Gasteiger partial charge in [0.15, 0.2) is 0 Å². The van der Waals surface area contributed by atoms with Crippen molar-refractivity contribution < 1.29 is 13.2 Å². The van der Waals surface area contributed by atoms with Crippen LogP contribution in [-0.2, 0) is 14.8 Å². The zero-order valence-corrected chi connectivity index (χ0v) is 19.0. The number of rotatable bonds is 8. The molecule has 0 bridgehead atoms. The lowest BCUT2D eigenvalue weighted by Gasteiger charge is -2.26. The number of nitrogens with one attached hydrogen (secondary N) is 1. The summed E-state index contributed by atoms with van der Waals surface area (Å²) >= 11 is 6.24. The number of halogens is 1. The van der Waals surface area contributed by atoms with Crippen LogP contribution in [0.5, 0.6) is 0 Å². The second-order valence-corrected chi connectivity index (χ2v) is 9.59. The summed E-state index contributed by atoms with van der Waals surface area (Å²) in [5.74, 6) is -0.293. The van der Waals surface area contributed by atoms with Crippen molar-refractivity contribution in [1.29, 1.82) is 0 Å². The first-order valence-corrected chi connectivity index (χ1v) is 11.8. The molecule has 0 spiro atoms. The van der Waals surface area contributed by atoms with Gasteiger partial charge in [-0.05, 0) is 48.2 Å². The predicted octanol–water partition coefficient (Wildman–Crippen LogP) is 4.76. The van der Waals surface area contributed by atoms with Crippen LogP contribution in [0.4, 0.5) is 5.69 Å². The predicted molar refractivity (Wildman–Crippen MR) is 125 cm³/mol. The SMILES string of the molecule is Cc1c(Cl)cccc1N(CC(=O)NC[C@H](C)c1ccccc1)S(=O)(=O)c1ccccc1.